The van der Waals surface area contributed by atoms with E-state index in [9.17, 15) is 20.2 Å². The first kappa shape index (κ1) is 16.4. The second-order valence-corrected chi connectivity index (χ2v) is 5.65. The summed E-state index contributed by atoms with van der Waals surface area (Å²) in [6, 6.07) is 17.1. The number of nitrogens with one attached hydrogen (secondary N) is 1. The Hall–Kier alpha value is -3.48. The maximum Gasteiger partial charge on any atom is 0.299 e. The molecule has 0 saturated heterocycles. The van der Waals surface area contributed by atoms with Gasteiger partial charge >= 0.3 is 0 Å². The van der Waals surface area contributed by atoms with E-state index in [-0.39, 0.29) is 23.1 Å². The molecule has 0 heterocycles. The normalized spacial score (nSPS) is 11.9. The molecular weight excluding hydrogens is 322 g/mol. The van der Waals surface area contributed by atoms with Gasteiger partial charge in [0.05, 0.1) is 15.9 Å². The van der Waals surface area contributed by atoms with Crippen LogP contribution in [0.25, 0.3) is 10.8 Å². The van der Waals surface area contributed by atoms with Crippen LogP contribution in [-0.2, 0) is 0 Å². The van der Waals surface area contributed by atoms with E-state index < -0.39 is 9.85 Å². The van der Waals surface area contributed by atoms with E-state index in [4.69, 9.17) is 0 Å². The first-order valence-corrected chi connectivity index (χ1v) is 7.64. The smallest absolute Gasteiger partial charge is 0.299 e. The second-order valence-electron chi connectivity index (χ2n) is 5.65. The van der Waals surface area contributed by atoms with Crippen molar-refractivity contribution in [1.82, 2.24) is 0 Å². The fraction of sp³-hybridized carbons (Fsp3) is 0.111. The fourth-order valence-corrected chi connectivity index (χ4v) is 2.85. The molecule has 0 fully saturated rings. The van der Waals surface area contributed by atoms with Gasteiger partial charge in [0.1, 0.15) is 5.69 Å². The average Bonchev–Trinajstić information content (AvgIpc) is 2.61. The number of rotatable bonds is 5. The van der Waals surface area contributed by atoms with Gasteiger partial charge < -0.3 is 5.32 Å². The number of hydrogen-bond acceptors (Lipinski definition) is 5. The molecule has 7 heteroatoms. The molecule has 0 aliphatic carbocycles. The number of nitro benzene ring substituents is 2. The van der Waals surface area contributed by atoms with Crippen LogP contribution in [0.15, 0.2) is 60.7 Å². The number of anilines is 1. The zero-order chi connectivity index (χ0) is 18.0. The Labute approximate surface area is 143 Å². The molecule has 0 amide bonds. The van der Waals surface area contributed by atoms with E-state index in [0.29, 0.717) is 0 Å². The lowest BCUT2D eigenvalue weighted by Crippen LogP contribution is -2.09. The van der Waals surface area contributed by atoms with Crippen molar-refractivity contribution in [3.05, 3.63) is 86.5 Å². The molecule has 1 N–H and O–H groups in total. The Balaban J connectivity index is 1.99. The largest absolute Gasteiger partial charge is 0.373 e. The first-order chi connectivity index (χ1) is 12.0. The van der Waals surface area contributed by atoms with Gasteiger partial charge in [0.2, 0.25) is 0 Å². The number of hydrogen-bond donors (Lipinski definition) is 1. The summed E-state index contributed by atoms with van der Waals surface area (Å²) in [6.45, 7) is 1.90. The van der Waals surface area contributed by atoms with Crippen LogP contribution in [0.1, 0.15) is 18.5 Å². The minimum absolute atomic E-state index is 0.216. The molecule has 0 aliphatic rings. The van der Waals surface area contributed by atoms with E-state index in [1.165, 1.54) is 12.1 Å². The van der Waals surface area contributed by atoms with E-state index in [2.05, 4.69) is 5.32 Å². The van der Waals surface area contributed by atoms with E-state index in [0.717, 1.165) is 22.4 Å². The van der Waals surface area contributed by atoms with Crippen molar-refractivity contribution < 1.29 is 9.85 Å². The Morgan fingerprint density at radius 1 is 0.920 bits per heavy atom. The summed E-state index contributed by atoms with van der Waals surface area (Å²) in [5.74, 6) is 0. The van der Waals surface area contributed by atoms with Crippen LogP contribution in [0, 0.1) is 20.2 Å². The van der Waals surface area contributed by atoms with Crippen molar-refractivity contribution in [1.29, 1.82) is 0 Å². The van der Waals surface area contributed by atoms with Gasteiger partial charge in [-0.1, -0.05) is 42.5 Å². The number of benzene rings is 3. The Kier molecular flexibility index (Phi) is 4.30. The number of nitrogens with zero attached hydrogens (tertiary/aromatic N) is 2. The topological polar surface area (TPSA) is 98.3 Å². The highest BCUT2D eigenvalue weighted by atomic mass is 16.6. The summed E-state index contributed by atoms with van der Waals surface area (Å²) in [4.78, 5) is 20.8. The summed E-state index contributed by atoms with van der Waals surface area (Å²) in [5, 5.41) is 27.3. The monoisotopic (exact) mass is 337 g/mol. The van der Waals surface area contributed by atoms with E-state index in [1.54, 1.807) is 0 Å². The predicted octanol–water partition coefficient (Wildman–Crippen LogP) is 4.83. The van der Waals surface area contributed by atoms with Crippen LogP contribution in [0.5, 0.6) is 0 Å². The molecule has 0 aliphatic heterocycles. The van der Waals surface area contributed by atoms with Gasteiger partial charge in [0, 0.05) is 12.1 Å². The number of nitro groups is 2. The first-order valence-electron chi connectivity index (χ1n) is 7.64. The van der Waals surface area contributed by atoms with E-state index in [1.807, 2.05) is 49.4 Å². The zero-order valence-electron chi connectivity index (χ0n) is 13.4. The Bertz CT molecular complexity index is 966. The van der Waals surface area contributed by atoms with Gasteiger partial charge in [-0.25, -0.2) is 0 Å². The molecule has 3 aromatic rings. The standard InChI is InChI=1S/C18H15N3O4/c1-12(15-8-4-6-13-5-2-3-7-16(13)15)19-17-10-9-14(20(22)23)11-18(17)21(24)25/h2-12,19H,1H3/t12-/m1/s1. The van der Waals surface area contributed by atoms with Crippen molar-refractivity contribution >= 4 is 27.8 Å². The van der Waals surface area contributed by atoms with Crippen LogP contribution < -0.4 is 5.32 Å². The lowest BCUT2D eigenvalue weighted by atomic mass is 9.99. The Morgan fingerprint density at radius 3 is 2.36 bits per heavy atom. The van der Waals surface area contributed by atoms with Crippen LogP contribution >= 0.6 is 0 Å². The van der Waals surface area contributed by atoms with Crippen molar-refractivity contribution in [2.24, 2.45) is 0 Å². The molecule has 0 saturated carbocycles. The highest BCUT2D eigenvalue weighted by Crippen LogP contribution is 2.33. The number of fused-ring (bicyclic) bond motifs is 1. The SMILES string of the molecule is C[C@@H](Nc1ccc([N+](=O)[O-])cc1[N+](=O)[O-])c1cccc2ccccc12. The molecule has 0 radical (unpaired) electrons. The molecule has 3 aromatic carbocycles. The predicted molar refractivity (Wildman–Crippen MR) is 95.7 cm³/mol. The summed E-state index contributed by atoms with van der Waals surface area (Å²) in [7, 11) is 0. The lowest BCUT2D eigenvalue weighted by molar-refractivity contribution is -0.393. The molecule has 0 aromatic heterocycles. The van der Waals surface area contributed by atoms with Crippen molar-refractivity contribution in [2.45, 2.75) is 13.0 Å². The van der Waals surface area contributed by atoms with E-state index >= 15 is 0 Å². The quantitative estimate of drug-likeness (QED) is 0.531. The van der Waals surface area contributed by atoms with Gasteiger partial charge in [0.15, 0.2) is 0 Å². The Morgan fingerprint density at radius 2 is 1.64 bits per heavy atom. The van der Waals surface area contributed by atoms with Crippen molar-refractivity contribution in [3.63, 3.8) is 0 Å². The summed E-state index contributed by atoms with van der Waals surface area (Å²) in [5.41, 5.74) is 0.609. The summed E-state index contributed by atoms with van der Waals surface area (Å²) in [6.07, 6.45) is 0. The van der Waals surface area contributed by atoms with Gasteiger partial charge in [-0.05, 0) is 29.3 Å². The summed E-state index contributed by atoms with van der Waals surface area (Å²) >= 11 is 0. The van der Waals surface area contributed by atoms with Crippen LogP contribution in [0.2, 0.25) is 0 Å². The minimum Gasteiger partial charge on any atom is -0.373 e. The molecule has 126 valence electrons. The zero-order valence-corrected chi connectivity index (χ0v) is 13.4. The lowest BCUT2D eigenvalue weighted by Gasteiger charge is -2.17. The third-order valence-corrected chi connectivity index (χ3v) is 4.05. The van der Waals surface area contributed by atoms with Crippen molar-refractivity contribution in [2.75, 3.05) is 5.32 Å². The second kappa shape index (κ2) is 6.56. The maximum atomic E-state index is 11.3. The fourth-order valence-electron chi connectivity index (χ4n) is 2.85. The van der Waals surface area contributed by atoms with Gasteiger partial charge in [-0.2, -0.15) is 0 Å². The highest BCUT2D eigenvalue weighted by Gasteiger charge is 2.21. The summed E-state index contributed by atoms with van der Waals surface area (Å²) < 4.78 is 0. The molecule has 1 atom stereocenters. The molecule has 0 bridgehead atoms. The van der Waals surface area contributed by atoms with Crippen LogP contribution in [0.3, 0.4) is 0 Å². The minimum atomic E-state index is -0.648. The molecule has 0 unspecified atom stereocenters. The third-order valence-electron chi connectivity index (χ3n) is 4.05. The van der Waals surface area contributed by atoms with Gasteiger partial charge in [0.25, 0.3) is 11.4 Å². The van der Waals surface area contributed by atoms with Gasteiger partial charge in [-0.15, -0.1) is 0 Å². The van der Waals surface area contributed by atoms with Crippen molar-refractivity contribution in [3.8, 4) is 0 Å². The average molecular weight is 337 g/mol. The van der Waals surface area contributed by atoms with Crippen LogP contribution in [0.4, 0.5) is 17.1 Å². The number of non-ortho nitro benzene ring substituents is 1. The van der Waals surface area contributed by atoms with Gasteiger partial charge in [-0.3, -0.25) is 20.2 Å². The molecule has 3 rings (SSSR count). The van der Waals surface area contributed by atoms with Crippen LogP contribution in [-0.4, -0.2) is 9.85 Å². The molecule has 7 nitrogen and oxygen atoms in total. The molecular formula is C18H15N3O4. The molecule has 0 spiro atoms. The third kappa shape index (κ3) is 3.25. The highest BCUT2D eigenvalue weighted by molar-refractivity contribution is 5.86. The molecule has 25 heavy (non-hydrogen) atoms. The maximum absolute atomic E-state index is 11.3.